The monoisotopic (exact) mass is 325 g/mol. The zero-order chi connectivity index (χ0) is 13.0. The van der Waals surface area contributed by atoms with E-state index in [4.69, 9.17) is 0 Å². The van der Waals surface area contributed by atoms with Crippen LogP contribution in [0.5, 0.6) is 0 Å². The van der Waals surface area contributed by atoms with Gasteiger partial charge in [-0.15, -0.1) is 11.3 Å². The van der Waals surface area contributed by atoms with Gasteiger partial charge in [0.25, 0.3) is 0 Å². The highest BCUT2D eigenvalue weighted by molar-refractivity contribution is 9.10. The molecule has 0 amide bonds. The lowest BCUT2D eigenvalue weighted by Crippen LogP contribution is -2.22. The van der Waals surface area contributed by atoms with Crippen LogP contribution in [0.3, 0.4) is 0 Å². The van der Waals surface area contributed by atoms with Crippen molar-refractivity contribution in [3.8, 4) is 0 Å². The number of aryl methyl sites for hydroxylation is 1. The largest absolute Gasteiger partial charge is 0.309 e. The molecule has 0 saturated carbocycles. The summed E-state index contributed by atoms with van der Waals surface area (Å²) in [5.74, 6) is 0. The SMILES string of the molecule is CCNC(Cc1cncc(Br)c1)c1scnc1C. The van der Waals surface area contributed by atoms with Crippen molar-refractivity contribution in [2.75, 3.05) is 6.54 Å². The van der Waals surface area contributed by atoms with Gasteiger partial charge < -0.3 is 5.32 Å². The first-order valence-corrected chi connectivity index (χ1v) is 7.60. The number of nitrogens with zero attached hydrogens (tertiary/aromatic N) is 2. The fraction of sp³-hybridized carbons (Fsp3) is 0.385. The Morgan fingerprint density at radius 1 is 1.44 bits per heavy atom. The number of hydrogen-bond donors (Lipinski definition) is 1. The highest BCUT2D eigenvalue weighted by Crippen LogP contribution is 2.25. The van der Waals surface area contributed by atoms with Gasteiger partial charge in [0.05, 0.1) is 11.2 Å². The van der Waals surface area contributed by atoms with Crippen molar-refractivity contribution in [1.29, 1.82) is 0 Å². The van der Waals surface area contributed by atoms with Crippen molar-refractivity contribution in [3.05, 3.63) is 44.6 Å². The second-order valence-electron chi connectivity index (χ2n) is 4.13. The average molecular weight is 326 g/mol. The van der Waals surface area contributed by atoms with E-state index in [0.717, 1.165) is 23.1 Å². The molecule has 0 aliphatic carbocycles. The summed E-state index contributed by atoms with van der Waals surface area (Å²) in [6, 6.07) is 2.44. The summed E-state index contributed by atoms with van der Waals surface area (Å²) >= 11 is 5.18. The van der Waals surface area contributed by atoms with Crippen molar-refractivity contribution in [3.63, 3.8) is 0 Å². The standard InChI is InChI=1S/C13H16BrN3S/c1-3-16-12(13-9(2)17-8-18-13)5-10-4-11(14)7-15-6-10/h4,6-8,12,16H,3,5H2,1-2H3. The molecule has 0 bridgehead atoms. The summed E-state index contributed by atoms with van der Waals surface area (Å²) in [6.07, 6.45) is 4.67. The first kappa shape index (κ1) is 13.6. The third-order valence-corrected chi connectivity index (χ3v) is 4.23. The van der Waals surface area contributed by atoms with Gasteiger partial charge in [-0.05, 0) is 47.4 Å². The molecule has 0 saturated heterocycles. The van der Waals surface area contributed by atoms with E-state index < -0.39 is 0 Å². The van der Waals surface area contributed by atoms with E-state index in [1.54, 1.807) is 11.3 Å². The predicted molar refractivity (Wildman–Crippen MR) is 78.9 cm³/mol. The number of aromatic nitrogens is 2. The molecule has 3 nitrogen and oxygen atoms in total. The number of hydrogen-bond acceptors (Lipinski definition) is 4. The van der Waals surface area contributed by atoms with Crippen LogP contribution < -0.4 is 5.32 Å². The number of pyridine rings is 1. The zero-order valence-corrected chi connectivity index (χ0v) is 12.9. The van der Waals surface area contributed by atoms with Crippen LogP contribution in [-0.4, -0.2) is 16.5 Å². The molecule has 0 fully saturated rings. The highest BCUT2D eigenvalue weighted by atomic mass is 79.9. The molecule has 0 radical (unpaired) electrons. The lowest BCUT2D eigenvalue weighted by Gasteiger charge is -2.17. The molecule has 0 spiro atoms. The van der Waals surface area contributed by atoms with Gasteiger partial charge in [-0.25, -0.2) is 4.98 Å². The molecule has 2 aromatic rings. The molecule has 1 atom stereocenters. The molecule has 0 aliphatic heterocycles. The Labute approximate surface area is 120 Å². The Morgan fingerprint density at radius 2 is 2.28 bits per heavy atom. The molecule has 1 N–H and O–H groups in total. The minimum Gasteiger partial charge on any atom is -0.309 e. The summed E-state index contributed by atoms with van der Waals surface area (Å²) in [5, 5.41) is 3.52. The normalized spacial score (nSPS) is 12.6. The van der Waals surface area contributed by atoms with Crippen molar-refractivity contribution < 1.29 is 0 Å². The fourth-order valence-electron chi connectivity index (χ4n) is 1.95. The first-order valence-electron chi connectivity index (χ1n) is 5.93. The van der Waals surface area contributed by atoms with Crippen molar-refractivity contribution in [2.24, 2.45) is 0 Å². The van der Waals surface area contributed by atoms with Crippen LogP contribution in [0, 0.1) is 6.92 Å². The van der Waals surface area contributed by atoms with Gasteiger partial charge in [-0.2, -0.15) is 0 Å². The second-order valence-corrected chi connectivity index (χ2v) is 5.93. The Balaban J connectivity index is 2.19. The van der Waals surface area contributed by atoms with Crippen LogP contribution in [0.15, 0.2) is 28.4 Å². The molecule has 2 heterocycles. The van der Waals surface area contributed by atoms with Gasteiger partial charge in [0.2, 0.25) is 0 Å². The molecule has 0 aliphatic rings. The van der Waals surface area contributed by atoms with E-state index in [1.165, 1.54) is 10.4 Å². The minimum atomic E-state index is 0.318. The third-order valence-electron chi connectivity index (χ3n) is 2.75. The molecule has 96 valence electrons. The van der Waals surface area contributed by atoms with E-state index in [-0.39, 0.29) is 0 Å². The van der Waals surface area contributed by atoms with Crippen LogP contribution in [0.4, 0.5) is 0 Å². The molecule has 1 unspecified atom stereocenters. The number of likely N-dealkylation sites (N-methyl/N-ethyl adjacent to an activating group) is 1. The van der Waals surface area contributed by atoms with E-state index in [9.17, 15) is 0 Å². The van der Waals surface area contributed by atoms with Crippen LogP contribution >= 0.6 is 27.3 Å². The highest BCUT2D eigenvalue weighted by Gasteiger charge is 2.16. The minimum absolute atomic E-state index is 0.318. The first-order chi connectivity index (χ1) is 8.70. The van der Waals surface area contributed by atoms with Gasteiger partial charge in [-0.1, -0.05) is 6.92 Å². The molecule has 0 aromatic carbocycles. The summed E-state index contributed by atoms with van der Waals surface area (Å²) < 4.78 is 1.02. The van der Waals surface area contributed by atoms with Gasteiger partial charge in [0.15, 0.2) is 0 Å². The van der Waals surface area contributed by atoms with Gasteiger partial charge in [0.1, 0.15) is 0 Å². The van der Waals surface area contributed by atoms with E-state index >= 15 is 0 Å². The molecule has 2 rings (SSSR count). The van der Waals surface area contributed by atoms with Crippen molar-refractivity contribution in [1.82, 2.24) is 15.3 Å². The molecular formula is C13H16BrN3S. The van der Waals surface area contributed by atoms with Crippen LogP contribution in [0.2, 0.25) is 0 Å². The number of nitrogens with one attached hydrogen (secondary N) is 1. The quantitative estimate of drug-likeness (QED) is 0.914. The van der Waals surface area contributed by atoms with Gasteiger partial charge in [0, 0.05) is 27.8 Å². The smallest absolute Gasteiger partial charge is 0.0798 e. The maximum absolute atomic E-state index is 4.33. The Bertz CT molecular complexity index is 512. The summed E-state index contributed by atoms with van der Waals surface area (Å²) in [5.41, 5.74) is 4.26. The van der Waals surface area contributed by atoms with E-state index in [0.29, 0.717) is 6.04 Å². The van der Waals surface area contributed by atoms with Crippen LogP contribution in [0.25, 0.3) is 0 Å². The topological polar surface area (TPSA) is 37.8 Å². The van der Waals surface area contributed by atoms with E-state index in [2.05, 4.69) is 51.1 Å². The van der Waals surface area contributed by atoms with E-state index in [1.807, 2.05) is 17.9 Å². The Morgan fingerprint density at radius 3 is 2.89 bits per heavy atom. The second kappa shape index (κ2) is 6.41. The predicted octanol–water partition coefficient (Wildman–Crippen LogP) is 3.50. The number of halogens is 1. The summed E-state index contributed by atoms with van der Waals surface area (Å²) in [7, 11) is 0. The molecule has 18 heavy (non-hydrogen) atoms. The number of thiazole rings is 1. The third kappa shape index (κ3) is 3.37. The van der Waals surface area contributed by atoms with Gasteiger partial charge in [-0.3, -0.25) is 4.98 Å². The molecular weight excluding hydrogens is 310 g/mol. The maximum Gasteiger partial charge on any atom is 0.0798 e. The average Bonchev–Trinajstić information content (AvgIpc) is 2.75. The lowest BCUT2D eigenvalue weighted by molar-refractivity contribution is 0.554. The lowest BCUT2D eigenvalue weighted by atomic mass is 10.1. The zero-order valence-electron chi connectivity index (χ0n) is 10.5. The summed E-state index contributed by atoms with van der Waals surface area (Å²) in [6.45, 7) is 5.14. The van der Waals surface area contributed by atoms with Crippen LogP contribution in [0.1, 0.15) is 29.1 Å². The molecule has 2 aromatic heterocycles. The van der Waals surface area contributed by atoms with Gasteiger partial charge >= 0.3 is 0 Å². The molecule has 5 heteroatoms. The Kier molecular flexibility index (Phi) is 4.86. The number of rotatable bonds is 5. The van der Waals surface area contributed by atoms with Crippen LogP contribution in [-0.2, 0) is 6.42 Å². The Hall–Kier alpha value is -0.780. The fourth-order valence-corrected chi connectivity index (χ4v) is 3.24. The van der Waals surface area contributed by atoms with Crippen molar-refractivity contribution in [2.45, 2.75) is 26.3 Å². The van der Waals surface area contributed by atoms with Crippen molar-refractivity contribution >= 4 is 27.3 Å². The maximum atomic E-state index is 4.33. The summed E-state index contributed by atoms with van der Waals surface area (Å²) in [4.78, 5) is 9.86.